The molecule has 0 aliphatic rings. The van der Waals surface area contributed by atoms with Crippen LogP contribution in [0.2, 0.25) is 0 Å². The van der Waals surface area contributed by atoms with E-state index in [0.717, 1.165) is 5.56 Å². The lowest BCUT2D eigenvalue weighted by molar-refractivity contribution is -0.388. The van der Waals surface area contributed by atoms with Crippen LogP contribution in [0.3, 0.4) is 0 Å². The van der Waals surface area contributed by atoms with Crippen LogP contribution in [-0.2, 0) is 11.3 Å². The molecule has 0 aliphatic carbocycles. The van der Waals surface area contributed by atoms with Crippen LogP contribution in [0, 0.1) is 10.1 Å². The summed E-state index contributed by atoms with van der Waals surface area (Å²) in [6, 6.07) is 11.2. The molecule has 1 aromatic heterocycles. The number of anilines is 2. The fraction of sp³-hybridized carbons (Fsp3) is 0.312. The maximum atomic E-state index is 10.9. The average Bonchev–Trinajstić information content (AvgIpc) is 2.55. The first-order valence-corrected chi connectivity index (χ1v) is 7.38. The van der Waals surface area contributed by atoms with Gasteiger partial charge in [0.15, 0.2) is 5.69 Å². The second kappa shape index (κ2) is 8.23. The lowest BCUT2D eigenvalue weighted by atomic mass is 10.2. The van der Waals surface area contributed by atoms with Crippen LogP contribution in [0.5, 0.6) is 0 Å². The average molecular weight is 332 g/mol. The minimum atomic E-state index is -0.759. The van der Waals surface area contributed by atoms with Gasteiger partial charge in [0.2, 0.25) is 0 Å². The number of hydrogen-bond acceptors (Lipinski definition) is 7. The molecule has 0 saturated carbocycles. The third kappa shape index (κ3) is 4.64. The first-order chi connectivity index (χ1) is 11.5. The second-order valence-electron chi connectivity index (χ2n) is 5.36. The van der Waals surface area contributed by atoms with Crippen LogP contribution >= 0.6 is 0 Å². The molecule has 1 atom stereocenters. The minimum Gasteiger partial charge on any atom is -0.390 e. The van der Waals surface area contributed by atoms with Crippen LogP contribution in [0.25, 0.3) is 0 Å². The third-order valence-corrected chi connectivity index (χ3v) is 3.44. The third-order valence-electron chi connectivity index (χ3n) is 3.44. The van der Waals surface area contributed by atoms with Crippen LogP contribution in [-0.4, -0.2) is 41.3 Å². The normalized spacial score (nSPS) is 11.9. The van der Waals surface area contributed by atoms with E-state index in [4.69, 9.17) is 10.5 Å². The number of aliphatic hydroxyl groups excluding tert-OH is 1. The van der Waals surface area contributed by atoms with E-state index in [1.54, 1.807) is 18.0 Å². The van der Waals surface area contributed by atoms with E-state index in [9.17, 15) is 15.2 Å². The number of nitrogens with zero attached hydrogens (tertiary/aromatic N) is 3. The van der Waals surface area contributed by atoms with Gasteiger partial charge in [0, 0.05) is 19.7 Å². The fourth-order valence-corrected chi connectivity index (χ4v) is 2.28. The number of benzene rings is 1. The Morgan fingerprint density at radius 3 is 2.75 bits per heavy atom. The standard InChI is InChI=1S/C16H20N4O4/c1-19(14-7-8-18-16(15(14)17)20(22)23)9-13(21)11-24-10-12-5-3-2-4-6-12/h2-8,13,21H,9-11,17H2,1H3/t13-/m0/s1. The monoisotopic (exact) mass is 332 g/mol. The van der Waals surface area contributed by atoms with Gasteiger partial charge in [-0.05, 0) is 15.5 Å². The van der Waals surface area contributed by atoms with Crippen molar-refractivity contribution in [1.29, 1.82) is 0 Å². The van der Waals surface area contributed by atoms with E-state index >= 15 is 0 Å². The van der Waals surface area contributed by atoms with Gasteiger partial charge in [-0.1, -0.05) is 30.3 Å². The van der Waals surface area contributed by atoms with Crippen molar-refractivity contribution in [2.24, 2.45) is 0 Å². The summed E-state index contributed by atoms with van der Waals surface area (Å²) in [6.45, 7) is 0.775. The molecule has 8 heteroatoms. The van der Waals surface area contributed by atoms with E-state index in [-0.39, 0.29) is 18.8 Å². The molecule has 0 radical (unpaired) electrons. The lowest BCUT2D eigenvalue weighted by Crippen LogP contribution is -2.32. The number of nitrogen functional groups attached to an aromatic ring is 1. The Morgan fingerprint density at radius 2 is 2.08 bits per heavy atom. The molecule has 0 bridgehead atoms. The van der Waals surface area contributed by atoms with Crippen molar-refractivity contribution >= 4 is 17.2 Å². The number of aliphatic hydroxyl groups is 1. The Balaban J connectivity index is 1.88. The molecule has 128 valence electrons. The van der Waals surface area contributed by atoms with Crippen LogP contribution in [0.15, 0.2) is 42.6 Å². The van der Waals surface area contributed by atoms with Gasteiger partial charge in [0.1, 0.15) is 6.20 Å². The molecule has 3 N–H and O–H groups in total. The van der Waals surface area contributed by atoms with Gasteiger partial charge in [-0.2, -0.15) is 0 Å². The van der Waals surface area contributed by atoms with Crippen molar-refractivity contribution in [2.75, 3.05) is 30.8 Å². The Labute approximate surface area is 139 Å². The summed E-state index contributed by atoms with van der Waals surface area (Å²) in [4.78, 5) is 15.5. The van der Waals surface area contributed by atoms with E-state index in [1.807, 2.05) is 30.3 Å². The number of rotatable bonds is 8. The highest BCUT2D eigenvalue weighted by Gasteiger charge is 2.20. The zero-order valence-corrected chi connectivity index (χ0v) is 13.3. The largest absolute Gasteiger partial charge is 0.390 e. The Hall–Kier alpha value is -2.71. The zero-order valence-electron chi connectivity index (χ0n) is 13.3. The SMILES string of the molecule is CN(C[C@H](O)COCc1ccccc1)c1ccnc([N+](=O)[O-])c1N. The Bertz CT molecular complexity index is 681. The van der Waals surface area contributed by atoms with Gasteiger partial charge in [-0.3, -0.25) is 0 Å². The number of nitrogens with two attached hydrogens (primary N) is 1. The number of pyridine rings is 1. The summed E-state index contributed by atoms with van der Waals surface area (Å²) in [5.74, 6) is -0.394. The molecule has 2 rings (SSSR count). The topological polar surface area (TPSA) is 115 Å². The molecule has 0 fully saturated rings. The van der Waals surface area contributed by atoms with Crippen LogP contribution < -0.4 is 10.6 Å². The molecule has 1 aromatic carbocycles. The number of aromatic nitrogens is 1. The van der Waals surface area contributed by atoms with Crippen molar-refractivity contribution in [3.8, 4) is 0 Å². The van der Waals surface area contributed by atoms with Crippen molar-refractivity contribution in [2.45, 2.75) is 12.7 Å². The summed E-state index contributed by atoms with van der Waals surface area (Å²) >= 11 is 0. The summed E-state index contributed by atoms with van der Waals surface area (Å²) in [6.07, 6.45) is 0.559. The smallest absolute Gasteiger partial charge is 0.388 e. The van der Waals surface area contributed by atoms with Gasteiger partial charge in [-0.15, -0.1) is 0 Å². The molecular formula is C16H20N4O4. The van der Waals surface area contributed by atoms with Gasteiger partial charge in [0.25, 0.3) is 0 Å². The molecule has 0 spiro atoms. The summed E-state index contributed by atoms with van der Waals surface area (Å²) in [5, 5.41) is 20.9. The highest BCUT2D eigenvalue weighted by molar-refractivity contribution is 5.74. The Morgan fingerprint density at radius 1 is 1.38 bits per heavy atom. The van der Waals surface area contributed by atoms with E-state index in [0.29, 0.717) is 12.3 Å². The predicted molar refractivity (Wildman–Crippen MR) is 90.7 cm³/mol. The maximum Gasteiger partial charge on any atom is 0.388 e. The van der Waals surface area contributed by atoms with E-state index in [1.165, 1.54) is 6.20 Å². The van der Waals surface area contributed by atoms with E-state index < -0.39 is 16.8 Å². The maximum absolute atomic E-state index is 10.9. The van der Waals surface area contributed by atoms with Crippen molar-refractivity contribution in [3.05, 3.63) is 58.3 Å². The number of nitro groups is 1. The number of likely N-dealkylation sites (N-methyl/N-ethyl adjacent to an activating group) is 1. The van der Waals surface area contributed by atoms with E-state index in [2.05, 4.69) is 4.98 Å². The first kappa shape index (κ1) is 17.6. The molecule has 24 heavy (non-hydrogen) atoms. The molecule has 2 aromatic rings. The molecule has 1 heterocycles. The molecule has 0 aliphatic heterocycles. The predicted octanol–water partition coefficient (Wildman–Crippen LogP) is 1.59. The van der Waals surface area contributed by atoms with Crippen molar-refractivity contribution in [3.63, 3.8) is 0 Å². The van der Waals surface area contributed by atoms with Gasteiger partial charge >= 0.3 is 5.82 Å². The second-order valence-corrected chi connectivity index (χ2v) is 5.36. The van der Waals surface area contributed by atoms with Crippen LogP contribution in [0.4, 0.5) is 17.2 Å². The molecular weight excluding hydrogens is 312 g/mol. The lowest BCUT2D eigenvalue weighted by Gasteiger charge is -2.23. The molecule has 0 amide bonds. The minimum absolute atomic E-state index is 0.0256. The van der Waals surface area contributed by atoms with Crippen molar-refractivity contribution in [1.82, 2.24) is 4.98 Å². The highest BCUT2D eigenvalue weighted by Crippen LogP contribution is 2.29. The quantitative estimate of drug-likeness (QED) is 0.557. The van der Waals surface area contributed by atoms with Gasteiger partial charge in [0.05, 0.1) is 25.0 Å². The summed E-state index contributed by atoms with van der Waals surface area (Å²) < 4.78 is 5.48. The fourth-order valence-electron chi connectivity index (χ4n) is 2.28. The van der Waals surface area contributed by atoms with Crippen molar-refractivity contribution < 1.29 is 14.8 Å². The van der Waals surface area contributed by atoms with Gasteiger partial charge < -0.3 is 30.6 Å². The zero-order chi connectivity index (χ0) is 17.5. The highest BCUT2D eigenvalue weighted by atomic mass is 16.6. The Kier molecular flexibility index (Phi) is 6.05. The first-order valence-electron chi connectivity index (χ1n) is 7.38. The summed E-state index contributed by atoms with van der Waals surface area (Å²) in [5.41, 5.74) is 7.22. The number of ether oxygens (including phenoxy) is 1. The molecule has 0 unspecified atom stereocenters. The molecule has 0 saturated heterocycles. The van der Waals surface area contributed by atoms with Crippen LogP contribution in [0.1, 0.15) is 5.56 Å². The molecule has 8 nitrogen and oxygen atoms in total. The summed E-state index contributed by atoms with van der Waals surface area (Å²) in [7, 11) is 1.69. The van der Waals surface area contributed by atoms with Gasteiger partial charge in [-0.25, -0.2) is 0 Å². The number of hydrogen-bond donors (Lipinski definition) is 2.